The molecule has 0 radical (unpaired) electrons. The zero-order valence-electron chi connectivity index (χ0n) is 5.99. The predicted octanol–water partition coefficient (Wildman–Crippen LogP) is 2.93. The Morgan fingerprint density at radius 3 is 2.36 bits per heavy atom. The summed E-state index contributed by atoms with van der Waals surface area (Å²) in [5, 5.41) is 7.42. The second-order valence-corrected chi connectivity index (χ2v) is 2.03. The van der Waals surface area contributed by atoms with E-state index in [1.54, 1.807) is 31.3 Å². The van der Waals surface area contributed by atoms with Crippen molar-refractivity contribution in [1.29, 1.82) is 0 Å². The highest BCUT2D eigenvalue weighted by Gasteiger charge is 1.91. The van der Waals surface area contributed by atoms with Gasteiger partial charge in [0.15, 0.2) is 0 Å². The minimum atomic E-state index is 0.599. The lowest BCUT2D eigenvalue weighted by atomic mass is 10.3. The normalized spacial score (nSPS) is 10.4. The molecule has 3 nitrogen and oxygen atoms in total. The van der Waals surface area contributed by atoms with Crippen molar-refractivity contribution in [1.82, 2.24) is 0 Å². The summed E-state index contributed by atoms with van der Waals surface area (Å²) in [4.78, 5) is 0. The maximum absolute atomic E-state index is 5.10. The topological polar surface area (TPSA) is 34.0 Å². The molecule has 4 heteroatoms. The lowest BCUT2D eigenvalue weighted by molar-refractivity contribution is 0.619. The summed E-state index contributed by atoms with van der Waals surface area (Å²) >= 11 is 5.10. The van der Waals surface area contributed by atoms with Crippen molar-refractivity contribution < 1.29 is 4.29 Å². The highest BCUT2D eigenvalue weighted by atomic mass is 35.5. The smallest absolute Gasteiger partial charge is 0.146 e. The van der Waals surface area contributed by atoms with Crippen molar-refractivity contribution in [3.05, 3.63) is 24.3 Å². The van der Waals surface area contributed by atoms with Crippen LogP contribution >= 0.6 is 11.9 Å². The van der Waals surface area contributed by atoms with E-state index in [9.17, 15) is 0 Å². The van der Waals surface area contributed by atoms with Crippen molar-refractivity contribution in [2.45, 2.75) is 0 Å². The Labute approximate surface area is 69.8 Å². The predicted molar refractivity (Wildman–Crippen MR) is 43.4 cm³/mol. The highest BCUT2D eigenvalue weighted by Crippen LogP contribution is 2.18. The molecule has 0 aromatic heterocycles. The summed E-state index contributed by atoms with van der Waals surface area (Å²) < 4.78 is 4.45. The Balaban J connectivity index is 2.82. The number of hydrogen-bond donors (Lipinski definition) is 0. The fourth-order valence-electron chi connectivity index (χ4n) is 0.680. The van der Waals surface area contributed by atoms with Crippen LogP contribution in [0.2, 0.25) is 0 Å². The highest BCUT2D eigenvalue weighted by molar-refractivity contribution is 6.09. The van der Waals surface area contributed by atoms with E-state index in [-0.39, 0.29) is 0 Å². The van der Waals surface area contributed by atoms with Gasteiger partial charge in [-0.05, 0) is 24.3 Å². The van der Waals surface area contributed by atoms with Crippen molar-refractivity contribution in [3.8, 4) is 5.75 Å². The maximum atomic E-state index is 5.10. The molecule has 0 N–H and O–H groups in total. The summed E-state index contributed by atoms with van der Waals surface area (Å²) in [6.45, 7) is 0. The largest absolute Gasteiger partial charge is 0.386 e. The lowest BCUT2D eigenvalue weighted by Gasteiger charge is -1.94. The van der Waals surface area contributed by atoms with Gasteiger partial charge >= 0.3 is 0 Å². The molecule has 0 fully saturated rings. The summed E-state index contributed by atoms with van der Waals surface area (Å²) in [6, 6.07) is 6.98. The molecule has 0 atom stereocenters. The number of azo groups is 1. The van der Waals surface area contributed by atoms with Gasteiger partial charge in [-0.3, -0.25) is 0 Å². The van der Waals surface area contributed by atoms with E-state index in [4.69, 9.17) is 11.9 Å². The van der Waals surface area contributed by atoms with Crippen LogP contribution in [0.15, 0.2) is 34.5 Å². The number of halogens is 1. The lowest BCUT2D eigenvalue weighted by Crippen LogP contribution is -1.71. The van der Waals surface area contributed by atoms with E-state index in [0.717, 1.165) is 5.69 Å². The van der Waals surface area contributed by atoms with Gasteiger partial charge < -0.3 is 4.29 Å². The molecule has 0 aliphatic carbocycles. The molecule has 0 aliphatic rings. The van der Waals surface area contributed by atoms with Gasteiger partial charge in [0.2, 0.25) is 0 Å². The molecule has 0 aliphatic heterocycles. The molecule has 0 heterocycles. The van der Waals surface area contributed by atoms with Crippen molar-refractivity contribution >= 4 is 17.6 Å². The second-order valence-electron chi connectivity index (χ2n) is 1.87. The van der Waals surface area contributed by atoms with Gasteiger partial charge in [0.05, 0.1) is 5.69 Å². The number of benzene rings is 1. The minimum absolute atomic E-state index is 0.599. The molecule has 0 saturated heterocycles. The van der Waals surface area contributed by atoms with E-state index in [2.05, 4.69) is 14.5 Å². The fourth-order valence-corrected chi connectivity index (χ4v) is 0.783. The van der Waals surface area contributed by atoms with Gasteiger partial charge in [0.1, 0.15) is 17.6 Å². The molecule has 0 saturated carbocycles. The Bertz CT molecular complexity index is 245. The average molecular weight is 171 g/mol. The number of nitrogens with zero attached hydrogens (tertiary/aromatic N) is 2. The molecule has 1 aromatic rings. The molecule has 0 unspecified atom stereocenters. The third-order valence-electron chi connectivity index (χ3n) is 1.14. The maximum Gasteiger partial charge on any atom is 0.146 e. The molecule has 1 aromatic carbocycles. The van der Waals surface area contributed by atoms with Crippen molar-refractivity contribution in [3.63, 3.8) is 0 Å². The minimum Gasteiger partial charge on any atom is -0.386 e. The quantitative estimate of drug-likeness (QED) is 0.629. The first kappa shape index (κ1) is 8.01. The van der Waals surface area contributed by atoms with E-state index in [1.807, 2.05) is 0 Å². The van der Waals surface area contributed by atoms with Crippen LogP contribution in [0, 0.1) is 0 Å². The van der Waals surface area contributed by atoms with Crippen LogP contribution in [0.25, 0.3) is 0 Å². The zero-order chi connectivity index (χ0) is 8.10. The first-order valence-electron chi connectivity index (χ1n) is 3.05. The zero-order valence-corrected chi connectivity index (χ0v) is 6.75. The molecule has 0 bridgehead atoms. The first-order chi connectivity index (χ1) is 5.36. The Morgan fingerprint density at radius 2 is 1.91 bits per heavy atom. The molecule has 11 heavy (non-hydrogen) atoms. The summed E-state index contributed by atoms with van der Waals surface area (Å²) in [5.74, 6) is 0.599. The Kier molecular flexibility index (Phi) is 2.86. The van der Waals surface area contributed by atoms with Gasteiger partial charge in [-0.1, -0.05) is 0 Å². The Hall–Kier alpha value is -1.09. The first-order valence-corrected chi connectivity index (χ1v) is 3.36. The summed E-state index contributed by atoms with van der Waals surface area (Å²) in [7, 11) is 1.62. The number of rotatable bonds is 2. The third kappa shape index (κ3) is 2.20. The van der Waals surface area contributed by atoms with E-state index in [1.165, 1.54) is 0 Å². The van der Waals surface area contributed by atoms with Crippen LogP contribution in [0.3, 0.4) is 0 Å². The number of hydrogen-bond acceptors (Lipinski definition) is 3. The van der Waals surface area contributed by atoms with Gasteiger partial charge in [-0.15, -0.1) is 0 Å². The molecular formula is C7H7ClN2O. The van der Waals surface area contributed by atoms with Crippen LogP contribution in [-0.4, -0.2) is 7.05 Å². The molecule has 0 amide bonds. The average Bonchev–Trinajstić information content (AvgIpc) is 2.07. The fraction of sp³-hybridized carbons (Fsp3) is 0.143. The van der Waals surface area contributed by atoms with Gasteiger partial charge in [0.25, 0.3) is 0 Å². The van der Waals surface area contributed by atoms with E-state index < -0.39 is 0 Å². The van der Waals surface area contributed by atoms with Gasteiger partial charge in [-0.2, -0.15) is 10.2 Å². The molecule has 58 valence electrons. The Morgan fingerprint density at radius 1 is 1.27 bits per heavy atom. The van der Waals surface area contributed by atoms with Crippen LogP contribution in [0.4, 0.5) is 5.69 Å². The van der Waals surface area contributed by atoms with Crippen molar-refractivity contribution in [2.75, 3.05) is 7.05 Å². The second kappa shape index (κ2) is 3.93. The summed E-state index contributed by atoms with van der Waals surface area (Å²) in [6.07, 6.45) is 0. The van der Waals surface area contributed by atoms with Crippen LogP contribution < -0.4 is 4.29 Å². The van der Waals surface area contributed by atoms with Gasteiger partial charge in [0, 0.05) is 7.05 Å². The van der Waals surface area contributed by atoms with E-state index >= 15 is 0 Å². The standard InChI is InChI=1S/C7H7ClN2O/c1-9-10-6-2-4-7(11-8)5-3-6/h2-5H,1H3. The third-order valence-corrected chi connectivity index (χ3v) is 1.32. The van der Waals surface area contributed by atoms with Gasteiger partial charge in [-0.25, -0.2) is 0 Å². The SMILES string of the molecule is CN=Nc1ccc(OCl)cc1. The molecule has 1 rings (SSSR count). The van der Waals surface area contributed by atoms with Crippen LogP contribution in [0.5, 0.6) is 5.75 Å². The van der Waals surface area contributed by atoms with Crippen molar-refractivity contribution in [2.24, 2.45) is 10.2 Å². The van der Waals surface area contributed by atoms with Crippen LogP contribution in [-0.2, 0) is 0 Å². The molecule has 0 spiro atoms. The van der Waals surface area contributed by atoms with E-state index in [0.29, 0.717) is 5.75 Å². The molecular weight excluding hydrogens is 164 g/mol. The van der Waals surface area contributed by atoms with Crippen LogP contribution in [0.1, 0.15) is 0 Å². The summed E-state index contributed by atoms with van der Waals surface area (Å²) in [5.41, 5.74) is 0.782. The monoisotopic (exact) mass is 170 g/mol.